The molecule has 0 amide bonds. The summed E-state index contributed by atoms with van der Waals surface area (Å²) in [6.07, 6.45) is -2.55. The number of nitrogens with zero attached hydrogens (tertiary/aromatic N) is 1. The summed E-state index contributed by atoms with van der Waals surface area (Å²) in [4.78, 5) is 25.2. The van der Waals surface area contributed by atoms with Crippen molar-refractivity contribution in [3.63, 3.8) is 0 Å². The summed E-state index contributed by atoms with van der Waals surface area (Å²) in [5, 5.41) is 10.3. The molecule has 7 nitrogen and oxygen atoms in total. The molecule has 2 N–H and O–H groups in total. The molecule has 1 aliphatic rings. The molecule has 0 spiro atoms. The molecule has 0 saturated carbocycles. The van der Waals surface area contributed by atoms with E-state index in [-0.39, 0.29) is 11.6 Å². The predicted octanol–water partition coefficient (Wildman–Crippen LogP) is 1.54. The summed E-state index contributed by atoms with van der Waals surface area (Å²) in [7, 11) is -2.10. The molecule has 1 saturated heterocycles. The van der Waals surface area contributed by atoms with Crippen molar-refractivity contribution in [1.29, 1.82) is 0 Å². The second kappa shape index (κ2) is 6.46. The van der Waals surface area contributed by atoms with Crippen molar-refractivity contribution >= 4 is 8.32 Å². The third-order valence-corrected chi connectivity index (χ3v) is 9.74. The Morgan fingerprint density at radius 3 is 2.56 bits per heavy atom. The van der Waals surface area contributed by atoms with Crippen LogP contribution in [0.15, 0.2) is 21.9 Å². The fraction of sp³-hybridized carbons (Fsp3) is 0.750. The number of nitrogens with one attached hydrogen (secondary N) is 1. The van der Waals surface area contributed by atoms with Gasteiger partial charge in [0, 0.05) is 12.3 Å². The number of ether oxygens (including phenoxy) is 1. The molecule has 0 aliphatic carbocycles. The Morgan fingerprint density at radius 2 is 2.04 bits per heavy atom. The maximum atomic E-state index is 15.1. The van der Waals surface area contributed by atoms with Gasteiger partial charge in [-0.2, -0.15) is 0 Å². The SMILES string of the molecule is CC(C)(C)[Si](C)(C)OC[C@H]1O[C@@H](n2ccc(=O)[nH]c2=O)[C@](C)(F)C1O. The highest BCUT2D eigenvalue weighted by Gasteiger charge is 2.55. The normalized spacial score (nSPS) is 30.6. The standard InChI is InChI=1S/C16H27FN2O5Si/c1-15(2,3)25(5,6)23-9-10-12(21)16(4,17)13(24-10)19-8-7-11(20)18-14(19)22/h7-8,10,12-13,21H,9H2,1-6H3,(H,18,20,22)/t10-,12?,13-,16-/m1/s1. The molecule has 2 heterocycles. The van der Waals surface area contributed by atoms with Crippen LogP contribution in [-0.2, 0) is 9.16 Å². The van der Waals surface area contributed by atoms with Crippen LogP contribution in [0.1, 0.15) is 33.9 Å². The van der Waals surface area contributed by atoms with Gasteiger partial charge in [-0.05, 0) is 25.1 Å². The monoisotopic (exact) mass is 374 g/mol. The second-order valence-electron chi connectivity index (χ2n) is 8.21. The summed E-state index contributed by atoms with van der Waals surface area (Å²) in [5.74, 6) is 0. The van der Waals surface area contributed by atoms with Crippen LogP contribution in [-0.4, -0.2) is 47.5 Å². The van der Waals surface area contributed by atoms with Crippen molar-refractivity contribution in [1.82, 2.24) is 9.55 Å². The predicted molar refractivity (Wildman–Crippen MR) is 93.9 cm³/mol. The highest BCUT2D eigenvalue weighted by molar-refractivity contribution is 6.74. The lowest BCUT2D eigenvalue weighted by molar-refractivity contribution is -0.0597. The molecule has 4 atom stereocenters. The minimum Gasteiger partial charge on any atom is -0.414 e. The van der Waals surface area contributed by atoms with Gasteiger partial charge in [-0.25, -0.2) is 9.18 Å². The van der Waals surface area contributed by atoms with Gasteiger partial charge in [-0.15, -0.1) is 0 Å². The molecule has 25 heavy (non-hydrogen) atoms. The highest BCUT2D eigenvalue weighted by Crippen LogP contribution is 2.42. The number of rotatable bonds is 4. The van der Waals surface area contributed by atoms with Gasteiger partial charge in [0.2, 0.25) is 0 Å². The van der Waals surface area contributed by atoms with Gasteiger partial charge in [0.25, 0.3) is 5.56 Å². The van der Waals surface area contributed by atoms with E-state index in [0.29, 0.717) is 0 Å². The first-order valence-electron chi connectivity index (χ1n) is 8.25. The third-order valence-electron chi connectivity index (χ3n) is 5.24. The fourth-order valence-electron chi connectivity index (χ4n) is 2.47. The molecular formula is C16H27FN2O5Si. The Morgan fingerprint density at radius 1 is 1.44 bits per heavy atom. The van der Waals surface area contributed by atoms with Crippen LogP contribution in [0.4, 0.5) is 4.39 Å². The van der Waals surface area contributed by atoms with Crippen LogP contribution >= 0.6 is 0 Å². The molecule has 0 bridgehead atoms. The quantitative estimate of drug-likeness (QED) is 0.780. The Balaban J connectivity index is 2.22. The van der Waals surface area contributed by atoms with E-state index >= 15 is 4.39 Å². The largest absolute Gasteiger partial charge is 0.414 e. The summed E-state index contributed by atoms with van der Waals surface area (Å²) in [6.45, 7) is 11.5. The van der Waals surface area contributed by atoms with Crippen molar-refractivity contribution in [3.05, 3.63) is 33.1 Å². The zero-order valence-corrected chi connectivity index (χ0v) is 16.5. The van der Waals surface area contributed by atoms with Crippen LogP contribution < -0.4 is 11.2 Å². The lowest BCUT2D eigenvalue weighted by Crippen LogP contribution is -2.46. The van der Waals surface area contributed by atoms with Crippen LogP contribution in [0.25, 0.3) is 0 Å². The van der Waals surface area contributed by atoms with E-state index in [0.717, 1.165) is 16.8 Å². The third kappa shape index (κ3) is 3.79. The van der Waals surface area contributed by atoms with Gasteiger partial charge >= 0.3 is 5.69 Å². The first kappa shape index (κ1) is 20.0. The molecule has 0 radical (unpaired) electrons. The fourth-order valence-corrected chi connectivity index (χ4v) is 3.48. The van der Waals surface area contributed by atoms with Crippen LogP contribution in [0, 0.1) is 0 Å². The first-order valence-corrected chi connectivity index (χ1v) is 11.2. The lowest BCUT2D eigenvalue weighted by atomic mass is 9.98. The van der Waals surface area contributed by atoms with E-state index in [9.17, 15) is 14.7 Å². The minimum absolute atomic E-state index is 0.0335. The molecule has 0 aromatic carbocycles. The minimum atomic E-state index is -2.20. The maximum Gasteiger partial charge on any atom is 0.330 e. The Labute approximate surface area is 146 Å². The van der Waals surface area contributed by atoms with Crippen molar-refractivity contribution in [2.24, 2.45) is 0 Å². The van der Waals surface area contributed by atoms with Gasteiger partial charge in [-0.1, -0.05) is 20.8 Å². The number of alkyl halides is 1. The van der Waals surface area contributed by atoms with E-state index < -0.39 is 43.7 Å². The average Bonchev–Trinajstić information content (AvgIpc) is 2.67. The molecule has 1 unspecified atom stereocenters. The van der Waals surface area contributed by atoms with Crippen molar-refractivity contribution in [2.45, 2.75) is 69.9 Å². The van der Waals surface area contributed by atoms with E-state index in [1.165, 1.54) is 6.92 Å². The van der Waals surface area contributed by atoms with E-state index in [1.807, 2.05) is 13.1 Å². The van der Waals surface area contributed by atoms with Gasteiger partial charge in [0.05, 0.1) is 6.61 Å². The smallest absolute Gasteiger partial charge is 0.330 e. The van der Waals surface area contributed by atoms with Crippen molar-refractivity contribution in [2.75, 3.05) is 6.61 Å². The number of H-pyrrole nitrogens is 1. The summed E-state index contributed by atoms with van der Waals surface area (Å²) in [5.41, 5.74) is -3.58. The van der Waals surface area contributed by atoms with Gasteiger partial charge in [-0.3, -0.25) is 14.3 Å². The van der Waals surface area contributed by atoms with E-state index in [4.69, 9.17) is 9.16 Å². The van der Waals surface area contributed by atoms with Crippen LogP contribution in [0.5, 0.6) is 0 Å². The number of aliphatic hydroxyl groups excluding tert-OH is 1. The summed E-state index contributed by atoms with van der Waals surface area (Å²) < 4.78 is 27.6. The highest BCUT2D eigenvalue weighted by atomic mass is 28.4. The average molecular weight is 374 g/mol. The lowest BCUT2D eigenvalue weighted by Gasteiger charge is -2.37. The molecule has 1 fully saturated rings. The Bertz CT molecular complexity index is 737. The maximum absolute atomic E-state index is 15.1. The number of aromatic nitrogens is 2. The van der Waals surface area contributed by atoms with Crippen molar-refractivity contribution < 1.29 is 18.7 Å². The Kier molecular flexibility index (Phi) is 5.17. The molecule has 142 valence electrons. The number of halogens is 1. The second-order valence-corrected chi connectivity index (χ2v) is 13.0. The Hall–Kier alpha value is -1.29. The molecule has 9 heteroatoms. The molecule has 1 aliphatic heterocycles. The van der Waals surface area contributed by atoms with Crippen LogP contribution in [0.2, 0.25) is 18.1 Å². The zero-order chi connectivity index (χ0) is 19.2. The molecule has 2 rings (SSSR count). The van der Waals surface area contributed by atoms with Gasteiger partial charge < -0.3 is 14.3 Å². The van der Waals surface area contributed by atoms with Crippen molar-refractivity contribution in [3.8, 4) is 0 Å². The number of aliphatic hydroxyl groups is 1. The van der Waals surface area contributed by atoms with E-state index in [1.54, 1.807) is 0 Å². The van der Waals surface area contributed by atoms with Gasteiger partial charge in [0.1, 0.15) is 12.2 Å². The number of aromatic amines is 1. The zero-order valence-electron chi connectivity index (χ0n) is 15.5. The molecule has 1 aromatic rings. The summed E-state index contributed by atoms with van der Waals surface area (Å²) in [6, 6.07) is 1.10. The topological polar surface area (TPSA) is 93.5 Å². The van der Waals surface area contributed by atoms with Gasteiger partial charge in [0.15, 0.2) is 20.2 Å². The molecule has 1 aromatic heterocycles. The number of hydrogen-bond donors (Lipinski definition) is 2. The first-order chi connectivity index (χ1) is 11.3. The molecular weight excluding hydrogens is 347 g/mol. The number of hydrogen-bond acceptors (Lipinski definition) is 5. The summed E-state index contributed by atoms with van der Waals surface area (Å²) >= 11 is 0. The van der Waals surface area contributed by atoms with E-state index in [2.05, 4.69) is 25.8 Å². The van der Waals surface area contributed by atoms with Crippen LogP contribution in [0.3, 0.4) is 0 Å².